The summed E-state index contributed by atoms with van der Waals surface area (Å²) in [6.45, 7) is 0.502. The van der Waals surface area contributed by atoms with Crippen LogP contribution in [0.2, 0.25) is 0 Å². The maximum absolute atomic E-state index is 11.9. The van der Waals surface area contributed by atoms with E-state index in [1.165, 1.54) is 12.3 Å². The SMILES string of the molecule is CNCc1ccc(S(=O)(=O)NCc2ccno2)o1. The minimum atomic E-state index is -3.67. The molecule has 2 rings (SSSR count). The molecule has 0 aromatic carbocycles. The molecule has 0 atom stereocenters. The number of hydrogen-bond acceptors (Lipinski definition) is 6. The molecule has 0 unspecified atom stereocenters. The van der Waals surface area contributed by atoms with Crippen LogP contribution in [-0.2, 0) is 23.1 Å². The number of rotatable bonds is 6. The lowest BCUT2D eigenvalue weighted by molar-refractivity contribution is 0.377. The van der Waals surface area contributed by atoms with Crippen LogP contribution in [0.1, 0.15) is 11.5 Å². The number of nitrogens with one attached hydrogen (secondary N) is 2. The third-order valence-corrected chi connectivity index (χ3v) is 3.45. The van der Waals surface area contributed by atoms with Gasteiger partial charge in [0.25, 0.3) is 10.0 Å². The Morgan fingerprint density at radius 1 is 1.22 bits per heavy atom. The van der Waals surface area contributed by atoms with Crippen LogP contribution in [0.15, 0.2) is 38.4 Å². The fourth-order valence-electron chi connectivity index (χ4n) is 1.34. The molecule has 0 aliphatic heterocycles. The van der Waals surface area contributed by atoms with Crippen molar-refractivity contribution in [2.45, 2.75) is 18.2 Å². The topological polar surface area (TPSA) is 97.4 Å². The summed E-state index contributed by atoms with van der Waals surface area (Å²) in [5.41, 5.74) is 0. The van der Waals surface area contributed by atoms with Gasteiger partial charge in [-0.1, -0.05) is 5.16 Å². The van der Waals surface area contributed by atoms with Gasteiger partial charge < -0.3 is 14.3 Å². The summed E-state index contributed by atoms with van der Waals surface area (Å²) in [6, 6.07) is 4.60. The second kappa shape index (κ2) is 5.34. The predicted octanol–water partition coefficient (Wildman–Crippen LogP) is 0.465. The van der Waals surface area contributed by atoms with Crippen LogP contribution in [0.4, 0.5) is 0 Å². The molecule has 2 heterocycles. The molecule has 0 fully saturated rings. The molecule has 2 N–H and O–H groups in total. The molecule has 0 radical (unpaired) electrons. The fraction of sp³-hybridized carbons (Fsp3) is 0.300. The average Bonchev–Trinajstić information content (AvgIpc) is 2.98. The van der Waals surface area contributed by atoms with Gasteiger partial charge >= 0.3 is 0 Å². The molecule has 7 nitrogen and oxygen atoms in total. The second-order valence-corrected chi connectivity index (χ2v) is 5.25. The van der Waals surface area contributed by atoms with E-state index in [4.69, 9.17) is 8.94 Å². The van der Waals surface area contributed by atoms with E-state index in [0.29, 0.717) is 18.1 Å². The van der Waals surface area contributed by atoms with E-state index in [-0.39, 0.29) is 11.6 Å². The van der Waals surface area contributed by atoms with Crippen LogP contribution in [0.5, 0.6) is 0 Å². The van der Waals surface area contributed by atoms with Crippen molar-refractivity contribution in [1.82, 2.24) is 15.2 Å². The van der Waals surface area contributed by atoms with Gasteiger partial charge in [-0.05, 0) is 19.2 Å². The van der Waals surface area contributed by atoms with Crippen molar-refractivity contribution in [2.24, 2.45) is 0 Å². The number of hydrogen-bond donors (Lipinski definition) is 2. The highest BCUT2D eigenvalue weighted by Crippen LogP contribution is 2.14. The van der Waals surface area contributed by atoms with Gasteiger partial charge in [0.05, 0.1) is 19.3 Å². The Labute approximate surface area is 104 Å². The van der Waals surface area contributed by atoms with Gasteiger partial charge in [-0.2, -0.15) is 0 Å². The summed E-state index contributed by atoms with van der Waals surface area (Å²) in [5.74, 6) is 0.984. The van der Waals surface area contributed by atoms with Gasteiger partial charge in [-0.25, -0.2) is 13.1 Å². The molecule has 8 heteroatoms. The smallest absolute Gasteiger partial charge is 0.274 e. The summed E-state index contributed by atoms with van der Waals surface area (Å²) >= 11 is 0. The Morgan fingerprint density at radius 2 is 2.06 bits per heavy atom. The van der Waals surface area contributed by atoms with Crippen LogP contribution < -0.4 is 10.0 Å². The first-order chi connectivity index (χ1) is 8.62. The van der Waals surface area contributed by atoms with Crippen molar-refractivity contribution in [3.05, 3.63) is 35.9 Å². The Balaban J connectivity index is 2.05. The largest absolute Gasteiger partial charge is 0.447 e. The summed E-state index contributed by atoms with van der Waals surface area (Å²) in [5, 5.41) is 6.24. The van der Waals surface area contributed by atoms with Crippen molar-refractivity contribution < 1.29 is 17.4 Å². The third-order valence-electron chi connectivity index (χ3n) is 2.18. The highest BCUT2D eigenvalue weighted by molar-refractivity contribution is 7.89. The molecule has 0 saturated carbocycles. The molecule has 2 aromatic rings. The van der Waals surface area contributed by atoms with E-state index >= 15 is 0 Å². The first-order valence-electron chi connectivity index (χ1n) is 5.24. The number of sulfonamides is 1. The van der Waals surface area contributed by atoms with Gasteiger partial charge in [0.1, 0.15) is 5.76 Å². The van der Waals surface area contributed by atoms with E-state index < -0.39 is 10.0 Å². The molecule has 0 saturated heterocycles. The van der Waals surface area contributed by atoms with E-state index in [0.717, 1.165) is 0 Å². The maximum Gasteiger partial charge on any atom is 0.274 e. The minimum absolute atomic E-state index is 0.0321. The van der Waals surface area contributed by atoms with Crippen molar-refractivity contribution in [2.75, 3.05) is 7.05 Å². The summed E-state index contributed by atoms with van der Waals surface area (Å²) < 4.78 is 36.1. The lowest BCUT2D eigenvalue weighted by atomic mass is 10.4. The van der Waals surface area contributed by atoms with Gasteiger partial charge in [0.15, 0.2) is 5.76 Å². The summed E-state index contributed by atoms with van der Waals surface area (Å²) in [4.78, 5) is 0. The molecule has 2 aromatic heterocycles. The van der Waals surface area contributed by atoms with E-state index in [9.17, 15) is 8.42 Å². The fourth-order valence-corrected chi connectivity index (χ4v) is 2.28. The van der Waals surface area contributed by atoms with Gasteiger partial charge in [0, 0.05) is 6.07 Å². The number of nitrogens with zero attached hydrogens (tertiary/aromatic N) is 1. The van der Waals surface area contributed by atoms with Crippen molar-refractivity contribution in [3.63, 3.8) is 0 Å². The molecule has 0 amide bonds. The summed E-state index contributed by atoms with van der Waals surface area (Å²) in [7, 11) is -1.92. The van der Waals surface area contributed by atoms with Gasteiger partial charge in [-0.15, -0.1) is 0 Å². The Kier molecular flexibility index (Phi) is 3.80. The molecule has 0 spiro atoms. The molecule has 0 aliphatic carbocycles. The maximum atomic E-state index is 11.9. The summed E-state index contributed by atoms with van der Waals surface area (Å²) in [6.07, 6.45) is 1.45. The first-order valence-corrected chi connectivity index (χ1v) is 6.72. The van der Waals surface area contributed by atoms with Crippen LogP contribution in [0.3, 0.4) is 0 Å². The van der Waals surface area contributed by atoms with E-state index in [2.05, 4.69) is 15.2 Å². The standard InChI is InChI=1S/C10H13N3O4S/c1-11-6-8-2-3-10(16-8)18(14,15)13-7-9-4-5-12-17-9/h2-5,11,13H,6-7H2,1H3. The number of aromatic nitrogens is 1. The zero-order valence-electron chi connectivity index (χ0n) is 9.71. The lowest BCUT2D eigenvalue weighted by Gasteiger charge is -2.01. The van der Waals surface area contributed by atoms with Crippen LogP contribution in [0.25, 0.3) is 0 Å². The quantitative estimate of drug-likeness (QED) is 0.792. The molecular formula is C10H13N3O4S. The third kappa shape index (κ3) is 2.97. The Hall–Kier alpha value is -1.64. The number of furan rings is 1. The zero-order valence-corrected chi connectivity index (χ0v) is 10.5. The normalized spacial score (nSPS) is 11.8. The molecule has 0 bridgehead atoms. The van der Waals surface area contributed by atoms with Gasteiger partial charge in [0.2, 0.25) is 5.09 Å². The van der Waals surface area contributed by atoms with Crippen molar-refractivity contribution in [1.29, 1.82) is 0 Å². The van der Waals surface area contributed by atoms with Crippen LogP contribution in [-0.4, -0.2) is 20.6 Å². The lowest BCUT2D eigenvalue weighted by Crippen LogP contribution is -2.22. The zero-order chi connectivity index (χ0) is 13.0. The van der Waals surface area contributed by atoms with Gasteiger partial charge in [-0.3, -0.25) is 0 Å². The van der Waals surface area contributed by atoms with Crippen LogP contribution >= 0.6 is 0 Å². The monoisotopic (exact) mass is 271 g/mol. The van der Waals surface area contributed by atoms with Crippen molar-refractivity contribution >= 4 is 10.0 Å². The first kappa shape index (κ1) is 12.8. The van der Waals surface area contributed by atoms with Crippen molar-refractivity contribution in [3.8, 4) is 0 Å². The highest BCUT2D eigenvalue weighted by atomic mass is 32.2. The second-order valence-electron chi connectivity index (χ2n) is 3.55. The Bertz CT molecular complexity index is 588. The van der Waals surface area contributed by atoms with E-state index in [1.807, 2.05) is 0 Å². The average molecular weight is 271 g/mol. The molecule has 18 heavy (non-hydrogen) atoms. The molecular weight excluding hydrogens is 258 g/mol. The van der Waals surface area contributed by atoms with Crippen LogP contribution in [0, 0.1) is 0 Å². The van der Waals surface area contributed by atoms with E-state index in [1.54, 1.807) is 19.2 Å². The molecule has 98 valence electrons. The minimum Gasteiger partial charge on any atom is -0.447 e. The Morgan fingerprint density at radius 3 is 2.72 bits per heavy atom. The molecule has 0 aliphatic rings. The predicted molar refractivity (Wildman–Crippen MR) is 62.0 cm³/mol. The highest BCUT2D eigenvalue weighted by Gasteiger charge is 2.18.